The number of amides is 1. The fourth-order valence-corrected chi connectivity index (χ4v) is 6.08. The van der Waals surface area contributed by atoms with Crippen molar-refractivity contribution in [3.8, 4) is 5.88 Å². The highest BCUT2D eigenvalue weighted by molar-refractivity contribution is 7.92. The van der Waals surface area contributed by atoms with E-state index in [9.17, 15) is 13.2 Å². The van der Waals surface area contributed by atoms with Gasteiger partial charge in [-0.2, -0.15) is 0 Å². The number of hydrogen-bond donors (Lipinski definition) is 0. The van der Waals surface area contributed by atoms with Crippen molar-refractivity contribution in [2.24, 2.45) is 5.92 Å². The third-order valence-corrected chi connectivity index (χ3v) is 7.60. The van der Waals surface area contributed by atoms with Gasteiger partial charge in [0.25, 0.3) is 0 Å². The number of aromatic nitrogens is 2. The molecular weight excluding hydrogens is 354 g/mol. The molecule has 0 radical (unpaired) electrons. The van der Waals surface area contributed by atoms with Crippen LogP contribution in [0.25, 0.3) is 11.0 Å². The van der Waals surface area contributed by atoms with Crippen molar-refractivity contribution < 1.29 is 17.9 Å². The smallest absolute Gasteiger partial charge is 0.235 e. The fourth-order valence-electron chi connectivity index (χ4n) is 3.93. The molecule has 2 atom stereocenters. The maximum atomic E-state index is 12.6. The summed E-state index contributed by atoms with van der Waals surface area (Å²) < 4.78 is 29.4. The number of aryl methyl sites for hydroxylation is 1. The van der Waals surface area contributed by atoms with Gasteiger partial charge in [-0.1, -0.05) is 12.1 Å². The van der Waals surface area contributed by atoms with E-state index in [4.69, 9.17) is 4.74 Å². The highest BCUT2D eigenvalue weighted by Gasteiger charge is 2.47. The Bertz CT molecular complexity index is 960. The summed E-state index contributed by atoms with van der Waals surface area (Å²) in [6.07, 6.45) is 1.35. The molecule has 1 aromatic carbocycles. The molecule has 0 aliphatic carbocycles. The first-order valence-electron chi connectivity index (χ1n) is 8.77. The van der Waals surface area contributed by atoms with Crippen LogP contribution in [0.4, 0.5) is 0 Å². The second-order valence-corrected chi connectivity index (χ2v) is 9.26. The number of hydrogen-bond acceptors (Lipinski definition) is 6. The molecular formula is C18H21N3O4S. The molecule has 0 saturated carbocycles. The number of para-hydroxylation sites is 2. The van der Waals surface area contributed by atoms with Crippen LogP contribution in [-0.4, -0.2) is 60.4 Å². The standard InChI is InChI=1S/C18H21N3O4S/c1-25-18-15(19-13-4-2-3-5-14(13)20-18)6-7-17(22)21-10-12-8-9-26(23,24)16(12)11-21/h2-5,12,16H,6-11H2,1H3/t12-,16+/m0/s1. The maximum Gasteiger partial charge on any atom is 0.235 e. The number of benzene rings is 1. The molecule has 0 N–H and O–H groups in total. The Kier molecular flexibility index (Phi) is 4.30. The van der Waals surface area contributed by atoms with Gasteiger partial charge in [-0.15, -0.1) is 0 Å². The van der Waals surface area contributed by atoms with E-state index in [-0.39, 0.29) is 29.2 Å². The van der Waals surface area contributed by atoms with Gasteiger partial charge in [-0.3, -0.25) is 4.79 Å². The maximum absolute atomic E-state index is 12.6. The average Bonchev–Trinajstić information content (AvgIpc) is 3.19. The third kappa shape index (κ3) is 3.02. The second kappa shape index (κ2) is 6.50. The predicted molar refractivity (Wildman–Crippen MR) is 96.7 cm³/mol. The molecule has 26 heavy (non-hydrogen) atoms. The summed E-state index contributed by atoms with van der Waals surface area (Å²) in [7, 11) is -1.49. The Balaban J connectivity index is 1.46. The fraction of sp³-hybridized carbons (Fsp3) is 0.500. The Morgan fingerprint density at radius 3 is 2.65 bits per heavy atom. The summed E-state index contributed by atoms with van der Waals surface area (Å²) in [5.41, 5.74) is 2.15. The summed E-state index contributed by atoms with van der Waals surface area (Å²) in [6.45, 7) is 0.871. The average molecular weight is 375 g/mol. The van der Waals surface area contributed by atoms with Crippen molar-refractivity contribution in [1.82, 2.24) is 14.9 Å². The molecule has 1 amide bonds. The summed E-state index contributed by atoms with van der Waals surface area (Å²) in [4.78, 5) is 23.3. The van der Waals surface area contributed by atoms with E-state index >= 15 is 0 Å². The first kappa shape index (κ1) is 17.2. The summed E-state index contributed by atoms with van der Waals surface area (Å²) in [6, 6.07) is 7.52. The first-order chi connectivity index (χ1) is 12.5. The number of nitrogens with zero attached hydrogens (tertiary/aromatic N) is 3. The highest BCUT2D eigenvalue weighted by atomic mass is 32.2. The zero-order chi connectivity index (χ0) is 18.3. The molecule has 2 saturated heterocycles. The number of sulfone groups is 1. The molecule has 0 bridgehead atoms. The van der Waals surface area contributed by atoms with Gasteiger partial charge in [0, 0.05) is 25.9 Å². The lowest BCUT2D eigenvalue weighted by Crippen LogP contribution is -2.32. The molecule has 8 heteroatoms. The number of methoxy groups -OCH3 is 1. The van der Waals surface area contributed by atoms with Crippen molar-refractivity contribution in [3.63, 3.8) is 0 Å². The first-order valence-corrected chi connectivity index (χ1v) is 10.5. The zero-order valence-electron chi connectivity index (χ0n) is 14.6. The molecule has 138 valence electrons. The molecule has 4 rings (SSSR count). The van der Waals surface area contributed by atoms with Crippen LogP contribution >= 0.6 is 0 Å². The number of rotatable bonds is 4. The molecule has 0 spiro atoms. The van der Waals surface area contributed by atoms with E-state index < -0.39 is 9.84 Å². The monoisotopic (exact) mass is 375 g/mol. The van der Waals surface area contributed by atoms with Gasteiger partial charge in [0.1, 0.15) is 5.69 Å². The van der Waals surface area contributed by atoms with Crippen LogP contribution in [0.2, 0.25) is 0 Å². The van der Waals surface area contributed by atoms with Gasteiger partial charge >= 0.3 is 0 Å². The van der Waals surface area contributed by atoms with Gasteiger partial charge in [-0.05, 0) is 24.5 Å². The van der Waals surface area contributed by atoms with Gasteiger partial charge < -0.3 is 9.64 Å². The SMILES string of the molecule is COc1nc2ccccc2nc1CCC(=O)N1C[C@@H]2CCS(=O)(=O)[C@@H]2C1. The number of carbonyl (C=O) groups excluding carboxylic acids is 1. The van der Waals surface area contributed by atoms with E-state index in [1.165, 1.54) is 7.11 Å². The normalized spacial score (nSPS) is 24.0. The number of carbonyl (C=O) groups is 1. The third-order valence-electron chi connectivity index (χ3n) is 5.34. The van der Waals surface area contributed by atoms with E-state index in [0.29, 0.717) is 37.5 Å². The molecule has 1 aromatic heterocycles. The van der Waals surface area contributed by atoms with Crippen LogP contribution < -0.4 is 4.74 Å². The van der Waals surface area contributed by atoms with E-state index in [0.717, 1.165) is 11.0 Å². The quantitative estimate of drug-likeness (QED) is 0.798. The molecule has 2 aliphatic heterocycles. The van der Waals surface area contributed by atoms with Crippen molar-refractivity contribution in [2.45, 2.75) is 24.5 Å². The van der Waals surface area contributed by atoms with Crippen LogP contribution in [0.3, 0.4) is 0 Å². The van der Waals surface area contributed by atoms with Crippen LogP contribution in [0.15, 0.2) is 24.3 Å². The summed E-state index contributed by atoms with van der Waals surface area (Å²) in [5.74, 6) is 0.747. The summed E-state index contributed by atoms with van der Waals surface area (Å²) in [5, 5.41) is -0.374. The molecule has 2 aromatic rings. The minimum atomic E-state index is -3.03. The van der Waals surface area contributed by atoms with Crippen LogP contribution in [0, 0.1) is 5.92 Å². The van der Waals surface area contributed by atoms with Crippen molar-refractivity contribution in [2.75, 3.05) is 26.0 Å². The van der Waals surface area contributed by atoms with E-state index in [2.05, 4.69) is 9.97 Å². The summed E-state index contributed by atoms with van der Waals surface area (Å²) >= 11 is 0. The topological polar surface area (TPSA) is 89.5 Å². The highest BCUT2D eigenvalue weighted by Crippen LogP contribution is 2.34. The van der Waals surface area contributed by atoms with Crippen LogP contribution in [-0.2, 0) is 21.1 Å². The largest absolute Gasteiger partial charge is 0.480 e. The van der Waals surface area contributed by atoms with E-state index in [1.807, 2.05) is 24.3 Å². The van der Waals surface area contributed by atoms with Gasteiger partial charge in [0.15, 0.2) is 9.84 Å². The second-order valence-electron chi connectivity index (χ2n) is 6.92. The molecule has 2 aliphatic rings. The van der Waals surface area contributed by atoms with E-state index in [1.54, 1.807) is 4.90 Å². The van der Waals surface area contributed by atoms with Gasteiger partial charge in [0.05, 0.1) is 29.1 Å². The van der Waals surface area contributed by atoms with Crippen molar-refractivity contribution >= 4 is 26.8 Å². The zero-order valence-corrected chi connectivity index (χ0v) is 15.4. The van der Waals surface area contributed by atoms with Crippen LogP contribution in [0.1, 0.15) is 18.5 Å². The number of ether oxygens (including phenoxy) is 1. The lowest BCUT2D eigenvalue weighted by atomic mass is 10.1. The molecule has 2 fully saturated rings. The molecule has 3 heterocycles. The Morgan fingerprint density at radius 2 is 1.96 bits per heavy atom. The lowest BCUT2D eigenvalue weighted by molar-refractivity contribution is -0.130. The Labute approximate surface area is 152 Å². The van der Waals surface area contributed by atoms with Gasteiger partial charge in [-0.25, -0.2) is 18.4 Å². The lowest BCUT2D eigenvalue weighted by Gasteiger charge is -2.17. The van der Waals surface area contributed by atoms with Gasteiger partial charge in [0.2, 0.25) is 11.8 Å². The minimum absolute atomic E-state index is 0.0355. The Morgan fingerprint density at radius 1 is 1.23 bits per heavy atom. The number of likely N-dealkylation sites (tertiary alicyclic amines) is 1. The Hall–Kier alpha value is -2.22. The van der Waals surface area contributed by atoms with Crippen molar-refractivity contribution in [3.05, 3.63) is 30.0 Å². The molecule has 0 unspecified atom stereocenters. The predicted octanol–water partition coefficient (Wildman–Crippen LogP) is 1.22. The van der Waals surface area contributed by atoms with Crippen LogP contribution in [0.5, 0.6) is 5.88 Å². The minimum Gasteiger partial charge on any atom is -0.480 e. The van der Waals surface area contributed by atoms with Crippen molar-refractivity contribution in [1.29, 1.82) is 0 Å². The number of fused-ring (bicyclic) bond motifs is 2. The molecule has 7 nitrogen and oxygen atoms in total.